The van der Waals surface area contributed by atoms with E-state index in [9.17, 15) is 9.18 Å². The first-order chi connectivity index (χ1) is 8.13. The molecule has 17 heavy (non-hydrogen) atoms. The van der Waals surface area contributed by atoms with E-state index in [1.54, 1.807) is 18.2 Å². The molecular weight excluding hydrogens is 235 g/mol. The van der Waals surface area contributed by atoms with Crippen molar-refractivity contribution in [2.75, 3.05) is 5.75 Å². The monoisotopic (exact) mass is 254 g/mol. The standard InChI is InChI=1S/C14H19FOS/c1-3-6-11(2)9-12(16)10-17-14-8-5-4-7-13(14)15/h4-5,7-8,11H,3,6,9-10H2,1-2H3. The van der Waals surface area contributed by atoms with E-state index in [2.05, 4.69) is 13.8 Å². The maximum absolute atomic E-state index is 13.3. The third-order valence-corrected chi connectivity index (χ3v) is 3.69. The number of carbonyl (C=O) groups is 1. The lowest BCUT2D eigenvalue weighted by atomic mass is 10.0. The predicted molar refractivity (Wildman–Crippen MR) is 70.8 cm³/mol. The Kier molecular flexibility index (Phi) is 6.27. The fourth-order valence-corrected chi connectivity index (χ4v) is 2.58. The van der Waals surface area contributed by atoms with Crippen LogP contribution in [0.1, 0.15) is 33.1 Å². The second-order valence-corrected chi connectivity index (χ2v) is 5.37. The van der Waals surface area contributed by atoms with Crippen LogP contribution in [0.3, 0.4) is 0 Å². The Labute approximate surface area is 107 Å². The number of rotatable bonds is 7. The van der Waals surface area contributed by atoms with E-state index in [-0.39, 0.29) is 11.6 Å². The zero-order chi connectivity index (χ0) is 12.7. The first-order valence-electron chi connectivity index (χ1n) is 6.02. The molecule has 0 amide bonds. The van der Waals surface area contributed by atoms with Crippen LogP contribution in [0.5, 0.6) is 0 Å². The Hall–Kier alpha value is -0.830. The van der Waals surface area contributed by atoms with E-state index in [1.165, 1.54) is 17.8 Å². The Morgan fingerprint density at radius 2 is 2.12 bits per heavy atom. The molecular formula is C14H19FOS. The smallest absolute Gasteiger partial charge is 0.143 e. The average molecular weight is 254 g/mol. The highest BCUT2D eigenvalue weighted by atomic mass is 32.2. The molecule has 1 aromatic carbocycles. The van der Waals surface area contributed by atoms with Gasteiger partial charge in [0.1, 0.15) is 11.6 Å². The number of halogens is 1. The van der Waals surface area contributed by atoms with Gasteiger partial charge in [0.15, 0.2) is 0 Å². The number of Topliss-reactive ketones (excluding diaryl/α,β-unsaturated/α-hetero) is 1. The molecule has 1 aromatic rings. The van der Waals surface area contributed by atoms with Crippen LogP contribution in [0, 0.1) is 11.7 Å². The van der Waals surface area contributed by atoms with Gasteiger partial charge in [-0.1, -0.05) is 38.8 Å². The molecule has 1 rings (SSSR count). The number of thioether (sulfide) groups is 1. The van der Waals surface area contributed by atoms with E-state index >= 15 is 0 Å². The number of hydrogen-bond acceptors (Lipinski definition) is 2. The molecule has 1 nitrogen and oxygen atoms in total. The molecule has 1 atom stereocenters. The lowest BCUT2D eigenvalue weighted by molar-refractivity contribution is -0.117. The van der Waals surface area contributed by atoms with E-state index in [1.807, 2.05) is 0 Å². The zero-order valence-electron chi connectivity index (χ0n) is 10.4. The lowest BCUT2D eigenvalue weighted by Crippen LogP contribution is -2.07. The van der Waals surface area contributed by atoms with Crippen LogP contribution in [-0.4, -0.2) is 11.5 Å². The summed E-state index contributed by atoms with van der Waals surface area (Å²) in [6, 6.07) is 6.58. The SMILES string of the molecule is CCCC(C)CC(=O)CSc1ccccc1F. The van der Waals surface area contributed by atoms with Gasteiger partial charge in [-0.15, -0.1) is 11.8 Å². The van der Waals surface area contributed by atoms with Gasteiger partial charge < -0.3 is 0 Å². The van der Waals surface area contributed by atoms with E-state index < -0.39 is 0 Å². The van der Waals surface area contributed by atoms with E-state index in [4.69, 9.17) is 0 Å². The first kappa shape index (κ1) is 14.2. The minimum Gasteiger partial charge on any atom is -0.299 e. The van der Waals surface area contributed by atoms with Crippen molar-refractivity contribution in [2.45, 2.75) is 38.0 Å². The van der Waals surface area contributed by atoms with Crippen molar-refractivity contribution in [3.05, 3.63) is 30.1 Å². The predicted octanol–water partition coefficient (Wildman–Crippen LogP) is 4.31. The normalized spacial score (nSPS) is 12.4. The topological polar surface area (TPSA) is 17.1 Å². The maximum atomic E-state index is 13.3. The third kappa shape index (κ3) is 5.35. The van der Waals surface area contributed by atoms with Gasteiger partial charge in [0.2, 0.25) is 0 Å². The summed E-state index contributed by atoms with van der Waals surface area (Å²) in [7, 11) is 0. The average Bonchev–Trinajstić information content (AvgIpc) is 2.28. The summed E-state index contributed by atoms with van der Waals surface area (Å²) in [5.41, 5.74) is 0. The van der Waals surface area contributed by atoms with Crippen LogP contribution in [0.4, 0.5) is 4.39 Å². The van der Waals surface area contributed by atoms with Gasteiger partial charge in [0.25, 0.3) is 0 Å². The van der Waals surface area contributed by atoms with E-state index in [0.29, 0.717) is 23.0 Å². The van der Waals surface area contributed by atoms with Crippen molar-refractivity contribution in [2.24, 2.45) is 5.92 Å². The van der Waals surface area contributed by atoms with Crippen LogP contribution in [-0.2, 0) is 4.79 Å². The summed E-state index contributed by atoms with van der Waals surface area (Å²) in [6.45, 7) is 4.21. The summed E-state index contributed by atoms with van der Waals surface area (Å²) < 4.78 is 13.3. The molecule has 0 bridgehead atoms. The molecule has 0 saturated heterocycles. The summed E-state index contributed by atoms with van der Waals surface area (Å²) in [6.07, 6.45) is 2.79. The Bertz CT molecular complexity index is 365. The minimum atomic E-state index is -0.244. The fraction of sp³-hybridized carbons (Fsp3) is 0.500. The number of carbonyl (C=O) groups excluding carboxylic acids is 1. The Balaban J connectivity index is 2.36. The van der Waals surface area contributed by atoms with Gasteiger partial charge in [-0.25, -0.2) is 4.39 Å². The van der Waals surface area contributed by atoms with Gasteiger partial charge >= 0.3 is 0 Å². The van der Waals surface area contributed by atoms with Crippen molar-refractivity contribution < 1.29 is 9.18 Å². The molecule has 0 fully saturated rings. The summed E-state index contributed by atoms with van der Waals surface area (Å²) in [5.74, 6) is 0.773. The highest BCUT2D eigenvalue weighted by molar-refractivity contribution is 8.00. The molecule has 0 heterocycles. The van der Waals surface area contributed by atoms with Crippen LogP contribution in [0.15, 0.2) is 29.2 Å². The molecule has 0 aliphatic rings. The van der Waals surface area contributed by atoms with Crippen molar-refractivity contribution in [3.63, 3.8) is 0 Å². The molecule has 0 aliphatic heterocycles. The van der Waals surface area contributed by atoms with Gasteiger partial charge in [0, 0.05) is 11.3 Å². The van der Waals surface area contributed by atoms with Gasteiger partial charge in [0.05, 0.1) is 5.75 Å². The molecule has 1 unspecified atom stereocenters. The fourth-order valence-electron chi connectivity index (χ4n) is 1.76. The largest absolute Gasteiger partial charge is 0.299 e. The van der Waals surface area contributed by atoms with E-state index in [0.717, 1.165) is 12.8 Å². The van der Waals surface area contributed by atoms with Gasteiger partial charge in [-0.3, -0.25) is 4.79 Å². The first-order valence-corrected chi connectivity index (χ1v) is 7.01. The molecule has 0 N–H and O–H groups in total. The lowest BCUT2D eigenvalue weighted by Gasteiger charge is -2.08. The van der Waals surface area contributed by atoms with Crippen molar-refractivity contribution in [1.82, 2.24) is 0 Å². The maximum Gasteiger partial charge on any atom is 0.143 e. The highest BCUT2D eigenvalue weighted by Gasteiger charge is 2.10. The summed E-state index contributed by atoms with van der Waals surface area (Å²) in [5, 5.41) is 0. The number of benzene rings is 1. The molecule has 94 valence electrons. The van der Waals surface area contributed by atoms with Crippen molar-refractivity contribution >= 4 is 17.5 Å². The molecule has 0 aliphatic carbocycles. The summed E-state index contributed by atoms with van der Waals surface area (Å²) in [4.78, 5) is 12.2. The third-order valence-electron chi connectivity index (χ3n) is 2.58. The van der Waals surface area contributed by atoms with Crippen LogP contribution < -0.4 is 0 Å². The molecule has 3 heteroatoms. The highest BCUT2D eigenvalue weighted by Crippen LogP contribution is 2.22. The Morgan fingerprint density at radius 3 is 2.76 bits per heavy atom. The zero-order valence-corrected chi connectivity index (χ0v) is 11.2. The minimum absolute atomic E-state index is 0.208. The molecule has 0 aromatic heterocycles. The molecule has 0 spiro atoms. The van der Waals surface area contributed by atoms with Crippen molar-refractivity contribution in [1.29, 1.82) is 0 Å². The summed E-state index contributed by atoms with van der Waals surface area (Å²) >= 11 is 1.29. The van der Waals surface area contributed by atoms with Gasteiger partial charge in [-0.2, -0.15) is 0 Å². The van der Waals surface area contributed by atoms with Crippen LogP contribution in [0.2, 0.25) is 0 Å². The van der Waals surface area contributed by atoms with Crippen LogP contribution >= 0.6 is 11.8 Å². The quantitative estimate of drug-likeness (QED) is 0.674. The molecule has 0 radical (unpaired) electrons. The van der Waals surface area contributed by atoms with Gasteiger partial charge in [-0.05, 0) is 18.1 Å². The molecule has 0 saturated carbocycles. The van der Waals surface area contributed by atoms with Crippen LogP contribution in [0.25, 0.3) is 0 Å². The second kappa shape index (κ2) is 7.49. The van der Waals surface area contributed by atoms with Crippen molar-refractivity contribution in [3.8, 4) is 0 Å². The second-order valence-electron chi connectivity index (χ2n) is 4.36. The number of hydrogen-bond donors (Lipinski definition) is 0. The Morgan fingerprint density at radius 1 is 1.41 bits per heavy atom. The number of ketones is 1.